The van der Waals surface area contributed by atoms with Crippen molar-refractivity contribution in [3.8, 4) is 11.5 Å². The van der Waals surface area contributed by atoms with Crippen LogP contribution in [0.1, 0.15) is 24.8 Å². The van der Waals surface area contributed by atoms with E-state index < -0.39 is 0 Å². The van der Waals surface area contributed by atoms with E-state index in [0.717, 1.165) is 17.9 Å². The molecule has 1 atom stereocenters. The highest BCUT2D eigenvalue weighted by atomic mass is 32.1. The molecule has 1 fully saturated rings. The highest BCUT2D eigenvalue weighted by molar-refractivity contribution is 7.80. The average Bonchev–Trinajstić information content (AvgIpc) is 2.46. The van der Waals surface area contributed by atoms with Crippen LogP contribution >= 0.6 is 12.2 Å². The van der Waals surface area contributed by atoms with Gasteiger partial charge in [0.15, 0.2) is 0 Å². The monoisotopic (exact) mass is 294 g/mol. The normalized spacial score (nSPS) is 19.6. The van der Waals surface area contributed by atoms with Crippen LogP contribution in [0.25, 0.3) is 0 Å². The lowest BCUT2D eigenvalue weighted by molar-refractivity contribution is 0.125. The zero-order valence-electron chi connectivity index (χ0n) is 12.1. The molecule has 2 rings (SSSR count). The van der Waals surface area contributed by atoms with Gasteiger partial charge in [0, 0.05) is 12.1 Å². The molecule has 0 radical (unpaired) electrons. The van der Waals surface area contributed by atoms with Crippen LogP contribution < -0.4 is 15.2 Å². The van der Waals surface area contributed by atoms with Crippen LogP contribution in [0.3, 0.4) is 0 Å². The summed E-state index contributed by atoms with van der Waals surface area (Å²) in [5, 5.41) is 0. The number of benzene rings is 1. The van der Waals surface area contributed by atoms with Crippen molar-refractivity contribution in [3.05, 3.63) is 23.8 Å². The highest BCUT2D eigenvalue weighted by Crippen LogP contribution is 2.26. The van der Waals surface area contributed by atoms with Crippen molar-refractivity contribution in [1.82, 2.24) is 4.90 Å². The number of piperidine rings is 1. The zero-order valence-corrected chi connectivity index (χ0v) is 12.9. The molecule has 1 unspecified atom stereocenters. The lowest BCUT2D eigenvalue weighted by Gasteiger charge is -2.32. The zero-order chi connectivity index (χ0) is 14.5. The minimum absolute atomic E-state index is 0.347. The third kappa shape index (κ3) is 3.61. The SMILES string of the molecule is COc1ccc(C(N)=S)c(OCC2CCCCN2C)c1. The van der Waals surface area contributed by atoms with Gasteiger partial charge in [-0.2, -0.15) is 0 Å². The van der Waals surface area contributed by atoms with E-state index in [2.05, 4.69) is 11.9 Å². The van der Waals surface area contributed by atoms with Crippen LogP contribution in [0.5, 0.6) is 11.5 Å². The maximum atomic E-state index is 5.96. The fraction of sp³-hybridized carbons (Fsp3) is 0.533. The number of hydrogen-bond acceptors (Lipinski definition) is 4. The first-order valence-corrected chi connectivity index (χ1v) is 7.33. The van der Waals surface area contributed by atoms with E-state index >= 15 is 0 Å². The van der Waals surface area contributed by atoms with E-state index in [4.69, 9.17) is 27.4 Å². The molecular formula is C15H22N2O2S. The number of likely N-dealkylation sites (tertiary alicyclic amines) is 1. The second-order valence-electron chi connectivity index (χ2n) is 5.17. The van der Waals surface area contributed by atoms with Crippen LogP contribution in [0, 0.1) is 0 Å². The summed E-state index contributed by atoms with van der Waals surface area (Å²) in [6.45, 7) is 1.79. The molecule has 5 heteroatoms. The summed E-state index contributed by atoms with van der Waals surface area (Å²) in [5.74, 6) is 1.45. The summed E-state index contributed by atoms with van der Waals surface area (Å²) in [6.07, 6.45) is 3.70. The number of nitrogens with two attached hydrogens (primary N) is 1. The maximum absolute atomic E-state index is 5.96. The van der Waals surface area contributed by atoms with E-state index in [-0.39, 0.29) is 0 Å². The number of hydrogen-bond donors (Lipinski definition) is 1. The Morgan fingerprint density at radius 3 is 2.90 bits per heavy atom. The van der Waals surface area contributed by atoms with Gasteiger partial charge in [-0.25, -0.2) is 0 Å². The molecule has 1 aliphatic rings. The van der Waals surface area contributed by atoms with Crippen molar-refractivity contribution in [1.29, 1.82) is 0 Å². The van der Waals surface area contributed by atoms with E-state index in [1.165, 1.54) is 19.3 Å². The topological polar surface area (TPSA) is 47.7 Å². The molecule has 2 N–H and O–H groups in total. The quantitative estimate of drug-likeness (QED) is 0.844. The number of nitrogens with zero attached hydrogens (tertiary/aromatic N) is 1. The van der Waals surface area contributed by atoms with E-state index in [0.29, 0.717) is 23.4 Å². The van der Waals surface area contributed by atoms with Crippen molar-refractivity contribution in [2.45, 2.75) is 25.3 Å². The smallest absolute Gasteiger partial charge is 0.133 e. The molecule has 110 valence electrons. The molecule has 1 saturated heterocycles. The molecule has 1 aromatic carbocycles. The summed E-state index contributed by atoms with van der Waals surface area (Å²) in [6, 6.07) is 5.99. The second kappa shape index (κ2) is 6.90. The minimum Gasteiger partial charge on any atom is -0.497 e. The first kappa shape index (κ1) is 15.1. The molecule has 0 aliphatic carbocycles. The molecule has 20 heavy (non-hydrogen) atoms. The fourth-order valence-corrected chi connectivity index (χ4v) is 2.66. The van der Waals surface area contributed by atoms with Gasteiger partial charge in [-0.05, 0) is 38.6 Å². The molecule has 0 bridgehead atoms. The van der Waals surface area contributed by atoms with Gasteiger partial charge in [-0.15, -0.1) is 0 Å². The van der Waals surface area contributed by atoms with Gasteiger partial charge in [-0.1, -0.05) is 18.6 Å². The van der Waals surface area contributed by atoms with Gasteiger partial charge in [0.2, 0.25) is 0 Å². The summed E-state index contributed by atoms with van der Waals surface area (Å²) in [4.78, 5) is 2.70. The largest absolute Gasteiger partial charge is 0.497 e. The van der Waals surface area contributed by atoms with Crippen LogP contribution in [0.15, 0.2) is 18.2 Å². The van der Waals surface area contributed by atoms with Gasteiger partial charge in [0.05, 0.1) is 12.7 Å². The van der Waals surface area contributed by atoms with Crippen molar-refractivity contribution < 1.29 is 9.47 Å². The van der Waals surface area contributed by atoms with Crippen LogP contribution in [-0.2, 0) is 0 Å². The van der Waals surface area contributed by atoms with E-state index in [1.54, 1.807) is 7.11 Å². The summed E-state index contributed by atoms with van der Waals surface area (Å²) >= 11 is 5.07. The molecule has 1 aromatic rings. The Morgan fingerprint density at radius 1 is 1.45 bits per heavy atom. The maximum Gasteiger partial charge on any atom is 0.133 e. The number of ether oxygens (including phenoxy) is 2. The Morgan fingerprint density at radius 2 is 2.25 bits per heavy atom. The Balaban J connectivity index is 2.08. The Kier molecular flexibility index (Phi) is 5.20. The molecule has 0 aromatic heterocycles. The highest BCUT2D eigenvalue weighted by Gasteiger charge is 2.20. The van der Waals surface area contributed by atoms with E-state index in [9.17, 15) is 0 Å². The van der Waals surface area contributed by atoms with Crippen molar-refractivity contribution in [3.63, 3.8) is 0 Å². The number of rotatable bonds is 5. The summed E-state index contributed by atoms with van der Waals surface area (Å²) in [5.41, 5.74) is 6.51. The van der Waals surface area contributed by atoms with Crippen LogP contribution in [0.4, 0.5) is 0 Å². The fourth-order valence-electron chi connectivity index (χ4n) is 2.49. The van der Waals surface area contributed by atoms with Gasteiger partial charge in [0.25, 0.3) is 0 Å². The predicted molar refractivity (Wildman–Crippen MR) is 84.6 cm³/mol. The molecule has 0 amide bonds. The molecular weight excluding hydrogens is 272 g/mol. The molecule has 1 heterocycles. The van der Waals surface area contributed by atoms with Crippen molar-refractivity contribution >= 4 is 17.2 Å². The summed E-state index contributed by atoms with van der Waals surface area (Å²) in [7, 11) is 3.78. The third-order valence-corrected chi connectivity index (χ3v) is 4.03. The lowest BCUT2D eigenvalue weighted by Crippen LogP contribution is -2.40. The van der Waals surface area contributed by atoms with Gasteiger partial charge >= 0.3 is 0 Å². The van der Waals surface area contributed by atoms with Crippen LogP contribution in [-0.4, -0.2) is 43.2 Å². The number of methoxy groups -OCH3 is 1. The molecule has 0 spiro atoms. The third-order valence-electron chi connectivity index (χ3n) is 3.81. The molecule has 1 aliphatic heterocycles. The Hall–Kier alpha value is -1.33. The minimum atomic E-state index is 0.347. The molecule has 4 nitrogen and oxygen atoms in total. The summed E-state index contributed by atoms with van der Waals surface area (Å²) < 4.78 is 11.2. The van der Waals surface area contributed by atoms with E-state index in [1.807, 2.05) is 18.2 Å². The van der Waals surface area contributed by atoms with Crippen molar-refractivity contribution in [2.24, 2.45) is 5.73 Å². The second-order valence-corrected chi connectivity index (χ2v) is 5.61. The average molecular weight is 294 g/mol. The van der Waals surface area contributed by atoms with Gasteiger partial charge in [-0.3, -0.25) is 0 Å². The Bertz CT molecular complexity index is 479. The Labute approximate surface area is 125 Å². The first-order valence-electron chi connectivity index (χ1n) is 6.92. The predicted octanol–water partition coefficient (Wildman–Crippen LogP) is 2.19. The van der Waals surface area contributed by atoms with Gasteiger partial charge in [0.1, 0.15) is 23.1 Å². The number of likely N-dealkylation sites (N-methyl/N-ethyl adjacent to an activating group) is 1. The standard InChI is InChI=1S/C15H22N2O2S/c1-17-8-4-3-5-11(17)10-19-14-9-12(18-2)6-7-13(14)15(16)20/h6-7,9,11H,3-5,8,10H2,1-2H3,(H2,16,20). The van der Waals surface area contributed by atoms with Gasteiger partial charge < -0.3 is 20.1 Å². The van der Waals surface area contributed by atoms with Crippen molar-refractivity contribution in [2.75, 3.05) is 27.3 Å². The van der Waals surface area contributed by atoms with Crippen LogP contribution in [0.2, 0.25) is 0 Å². The first-order chi connectivity index (χ1) is 9.61. The molecule has 0 saturated carbocycles. The lowest BCUT2D eigenvalue weighted by atomic mass is 10.0. The number of thiocarbonyl (C=S) groups is 1.